The maximum atomic E-state index is 6.02. The summed E-state index contributed by atoms with van der Waals surface area (Å²) in [4.78, 5) is 0. The van der Waals surface area contributed by atoms with Crippen molar-refractivity contribution in [3.8, 4) is 0 Å². The van der Waals surface area contributed by atoms with Crippen molar-refractivity contribution in [3.05, 3.63) is 18.0 Å². The zero-order valence-corrected chi connectivity index (χ0v) is 6.54. The van der Waals surface area contributed by atoms with Crippen LogP contribution in [0.25, 0.3) is 0 Å². The van der Waals surface area contributed by atoms with Gasteiger partial charge in [0.15, 0.2) is 0 Å². The first-order valence-corrected chi connectivity index (χ1v) is 3.69. The molecule has 1 aliphatic heterocycles. The van der Waals surface area contributed by atoms with Crippen LogP contribution in [0, 0.1) is 0 Å². The lowest BCUT2D eigenvalue weighted by Crippen LogP contribution is -2.62. The van der Waals surface area contributed by atoms with Gasteiger partial charge in [-0.15, -0.1) is 0 Å². The van der Waals surface area contributed by atoms with Gasteiger partial charge in [0.05, 0.1) is 11.7 Å². The van der Waals surface area contributed by atoms with E-state index in [0.29, 0.717) is 0 Å². The van der Waals surface area contributed by atoms with Gasteiger partial charge in [0.1, 0.15) is 0 Å². The molecule has 0 radical (unpaired) electrons. The molecule has 4 heteroatoms. The van der Waals surface area contributed by atoms with Crippen LogP contribution in [0.15, 0.2) is 12.4 Å². The first-order chi connectivity index (χ1) is 5.21. The fraction of sp³-hybridized carbons (Fsp3) is 0.571. The van der Waals surface area contributed by atoms with E-state index in [1.165, 1.54) is 0 Å². The van der Waals surface area contributed by atoms with E-state index in [1.807, 2.05) is 19.4 Å². The lowest BCUT2D eigenvalue weighted by molar-refractivity contribution is 0.287. The normalized spacial score (nSPS) is 21.3. The number of nitrogens with zero attached hydrogens (tertiary/aromatic N) is 2. The molecule has 60 valence electrons. The van der Waals surface area contributed by atoms with Gasteiger partial charge in [-0.25, -0.2) is 0 Å². The second-order valence-electron chi connectivity index (χ2n) is 3.16. The van der Waals surface area contributed by atoms with Crippen LogP contribution in [-0.2, 0) is 12.6 Å². The minimum atomic E-state index is -0.158. The highest BCUT2D eigenvalue weighted by Crippen LogP contribution is 2.20. The summed E-state index contributed by atoms with van der Waals surface area (Å²) in [6, 6.07) is 0. The van der Waals surface area contributed by atoms with Gasteiger partial charge in [-0.3, -0.25) is 4.68 Å². The fourth-order valence-corrected chi connectivity index (χ4v) is 1.28. The molecule has 0 atom stereocenters. The third kappa shape index (κ3) is 0.948. The predicted octanol–water partition coefficient (Wildman–Crippen LogP) is -0.823. The van der Waals surface area contributed by atoms with E-state index < -0.39 is 0 Å². The SMILES string of the molecule is Cn1cc(C2(N)CNC2)cn1. The van der Waals surface area contributed by atoms with E-state index in [4.69, 9.17) is 5.73 Å². The van der Waals surface area contributed by atoms with Crippen molar-refractivity contribution in [2.24, 2.45) is 12.8 Å². The molecule has 0 saturated carbocycles. The van der Waals surface area contributed by atoms with Gasteiger partial charge >= 0.3 is 0 Å². The predicted molar refractivity (Wildman–Crippen MR) is 41.9 cm³/mol. The van der Waals surface area contributed by atoms with E-state index in [0.717, 1.165) is 18.7 Å². The van der Waals surface area contributed by atoms with Crippen molar-refractivity contribution in [2.45, 2.75) is 5.54 Å². The zero-order valence-electron chi connectivity index (χ0n) is 6.54. The molecular formula is C7H12N4. The second kappa shape index (κ2) is 2.06. The van der Waals surface area contributed by atoms with Gasteiger partial charge in [0.25, 0.3) is 0 Å². The number of aromatic nitrogens is 2. The Morgan fingerprint density at radius 1 is 1.73 bits per heavy atom. The van der Waals surface area contributed by atoms with Gasteiger partial charge in [0.2, 0.25) is 0 Å². The molecule has 1 saturated heterocycles. The maximum absolute atomic E-state index is 6.02. The van der Waals surface area contributed by atoms with Crippen molar-refractivity contribution < 1.29 is 0 Å². The number of aryl methyl sites for hydroxylation is 1. The molecule has 0 aliphatic carbocycles. The van der Waals surface area contributed by atoms with E-state index >= 15 is 0 Å². The monoisotopic (exact) mass is 152 g/mol. The van der Waals surface area contributed by atoms with Crippen LogP contribution >= 0.6 is 0 Å². The van der Waals surface area contributed by atoms with Gasteiger partial charge in [-0.1, -0.05) is 0 Å². The van der Waals surface area contributed by atoms with Crippen LogP contribution in [0.2, 0.25) is 0 Å². The van der Waals surface area contributed by atoms with Gasteiger partial charge in [-0.2, -0.15) is 5.10 Å². The van der Waals surface area contributed by atoms with Crippen LogP contribution < -0.4 is 11.1 Å². The Balaban J connectivity index is 2.28. The van der Waals surface area contributed by atoms with Crippen molar-refractivity contribution in [1.29, 1.82) is 0 Å². The second-order valence-corrected chi connectivity index (χ2v) is 3.16. The number of hydrogen-bond acceptors (Lipinski definition) is 3. The molecule has 1 aliphatic rings. The lowest BCUT2D eigenvalue weighted by atomic mass is 9.88. The molecule has 1 fully saturated rings. The molecular weight excluding hydrogens is 140 g/mol. The Bertz CT molecular complexity index is 261. The zero-order chi connectivity index (χ0) is 7.90. The highest BCUT2D eigenvalue weighted by atomic mass is 15.2. The van der Waals surface area contributed by atoms with Crippen molar-refractivity contribution in [2.75, 3.05) is 13.1 Å². The van der Waals surface area contributed by atoms with Crippen LogP contribution in [-0.4, -0.2) is 22.9 Å². The molecule has 0 bridgehead atoms. The van der Waals surface area contributed by atoms with Crippen LogP contribution in [0.5, 0.6) is 0 Å². The highest BCUT2D eigenvalue weighted by Gasteiger charge is 2.35. The number of nitrogens with two attached hydrogens (primary N) is 1. The quantitative estimate of drug-likeness (QED) is 0.552. The Kier molecular flexibility index (Phi) is 1.27. The fourth-order valence-electron chi connectivity index (χ4n) is 1.28. The van der Waals surface area contributed by atoms with Crippen LogP contribution in [0.1, 0.15) is 5.56 Å². The summed E-state index contributed by atoms with van der Waals surface area (Å²) in [6.07, 6.45) is 3.81. The summed E-state index contributed by atoms with van der Waals surface area (Å²) in [5, 5.41) is 7.22. The molecule has 1 aromatic heterocycles. The van der Waals surface area contributed by atoms with Crippen LogP contribution in [0.3, 0.4) is 0 Å². The van der Waals surface area contributed by atoms with E-state index in [9.17, 15) is 0 Å². The Labute approximate surface area is 65.4 Å². The summed E-state index contributed by atoms with van der Waals surface area (Å²) in [5.41, 5.74) is 6.99. The molecule has 0 spiro atoms. The number of hydrogen-bond donors (Lipinski definition) is 2. The third-order valence-corrected chi connectivity index (χ3v) is 2.16. The van der Waals surface area contributed by atoms with Gasteiger partial charge < -0.3 is 11.1 Å². The summed E-state index contributed by atoms with van der Waals surface area (Å²) in [6.45, 7) is 1.72. The highest BCUT2D eigenvalue weighted by molar-refractivity contribution is 5.22. The molecule has 0 aromatic carbocycles. The average molecular weight is 152 g/mol. The first-order valence-electron chi connectivity index (χ1n) is 3.69. The molecule has 3 N–H and O–H groups in total. The molecule has 0 amide bonds. The van der Waals surface area contributed by atoms with Crippen molar-refractivity contribution in [1.82, 2.24) is 15.1 Å². The Hall–Kier alpha value is -0.870. The first kappa shape index (κ1) is 6.82. The molecule has 2 rings (SSSR count). The molecule has 0 unspecified atom stereocenters. The number of nitrogens with one attached hydrogen (secondary N) is 1. The molecule has 2 heterocycles. The van der Waals surface area contributed by atoms with Gasteiger partial charge in [-0.05, 0) is 0 Å². The van der Waals surface area contributed by atoms with Crippen molar-refractivity contribution >= 4 is 0 Å². The van der Waals surface area contributed by atoms with Crippen LogP contribution in [0.4, 0.5) is 0 Å². The number of rotatable bonds is 1. The van der Waals surface area contributed by atoms with Gasteiger partial charge in [0, 0.05) is 31.9 Å². The summed E-state index contributed by atoms with van der Waals surface area (Å²) in [5.74, 6) is 0. The summed E-state index contributed by atoms with van der Waals surface area (Å²) in [7, 11) is 1.90. The summed E-state index contributed by atoms with van der Waals surface area (Å²) >= 11 is 0. The van der Waals surface area contributed by atoms with E-state index in [-0.39, 0.29) is 5.54 Å². The molecule has 11 heavy (non-hydrogen) atoms. The Morgan fingerprint density at radius 3 is 2.82 bits per heavy atom. The largest absolute Gasteiger partial charge is 0.319 e. The maximum Gasteiger partial charge on any atom is 0.0693 e. The van der Waals surface area contributed by atoms with Crippen molar-refractivity contribution in [3.63, 3.8) is 0 Å². The molecule has 1 aromatic rings. The van der Waals surface area contributed by atoms with E-state index in [2.05, 4.69) is 10.4 Å². The minimum Gasteiger partial charge on any atom is -0.319 e. The topological polar surface area (TPSA) is 55.9 Å². The Morgan fingerprint density at radius 2 is 2.45 bits per heavy atom. The third-order valence-electron chi connectivity index (χ3n) is 2.16. The standard InChI is InChI=1S/C7H12N4/c1-11-3-6(2-10-11)7(8)4-9-5-7/h2-3,9H,4-5,8H2,1H3. The lowest BCUT2D eigenvalue weighted by Gasteiger charge is -2.38. The van der Waals surface area contributed by atoms with E-state index in [1.54, 1.807) is 4.68 Å². The minimum absolute atomic E-state index is 0.158. The summed E-state index contributed by atoms with van der Waals surface area (Å²) < 4.78 is 1.78. The molecule has 4 nitrogen and oxygen atoms in total. The average Bonchev–Trinajstić information content (AvgIpc) is 2.31. The smallest absolute Gasteiger partial charge is 0.0693 e.